The summed E-state index contributed by atoms with van der Waals surface area (Å²) in [5.74, 6) is -4.95. The fourth-order valence-electron chi connectivity index (χ4n) is 1.44. The lowest BCUT2D eigenvalue weighted by Crippen LogP contribution is -2.44. The van der Waals surface area contributed by atoms with Gasteiger partial charge in [0, 0.05) is 19.4 Å². The van der Waals surface area contributed by atoms with Gasteiger partial charge in [-0.3, -0.25) is 0 Å². The predicted octanol–water partition coefficient (Wildman–Crippen LogP) is 0.410. The number of carbonyl (C=O) groups is 1. The molecular weight excluding hydrogens is 215 g/mol. The first-order valence-corrected chi connectivity index (χ1v) is 4.47. The largest absolute Gasteiger partial charge is 0.491 e. The number of hydrogen-bond acceptors (Lipinski definition) is 4. The second-order valence-electron chi connectivity index (χ2n) is 3.63. The van der Waals surface area contributed by atoms with Crippen LogP contribution in [0, 0.1) is 5.92 Å². The molecule has 1 rings (SSSR count). The second kappa shape index (κ2) is 3.97. The summed E-state index contributed by atoms with van der Waals surface area (Å²) >= 11 is 0. The van der Waals surface area contributed by atoms with E-state index in [0.29, 0.717) is 19.5 Å². The lowest BCUT2D eigenvalue weighted by molar-refractivity contribution is -0.255. The van der Waals surface area contributed by atoms with Crippen molar-refractivity contribution in [3.63, 3.8) is 0 Å². The van der Waals surface area contributed by atoms with Crippen molar-refractivity contribution >= 4 is 5.97 Å². The topological polar surface area (TPSA) is 58.6 Å². The molecule has 4 nitrogen and oxygen atoms in total. The average molecular weight is 227 g/mol. The predicted molar refractivity (Wildman–Crippen MR) is 43.7 cm³/mol. The SMILES string of the molecule is CC(O)(OC(=O)C(F)(F)F)C1CCNC1. The lowest BCUT2D eigenvalue weighted by atomic mass is 9.99. The van der Waals surface area contributed by atoms with Crippen molar-refractivity contribution in [3.05, 3.63) is 0 Å². The van der Waals surface area contributed by atoms with Crippen LogP contribution in [0.5, 0.6) is 0 Å². The molecule has 2 N–H and O–H groups in total. The highest BCUT2D eigenvalue weighted by Crippen LogP contribution is 2.27. The minimum Gasteiger partial charge on any atom is -0.427 e. The first-order valence-electron chi connectivity index (χ1n) is 4.47. The third-order valence-corrected chi connectivity index (χ3v) is 2.35. The van der Waals surface area contributed by atoms with Crippen molar-refractivity contribution in [3.8, 4) is 0 Å². The maximum absolute atomic E-state index is 11.9. The molecule has 1 fully saturated rings. The molecule has 0 aromatic heterocycles. The van der Waals surface area contributed by atoms with E-state index in [1.165, 1.54) is 0 Å². The van der Waals surface area contributed by atoms with Gasteiger partial charge in [-0.1, -0.05) is 0 Å². The highest BCUT2D eigenvalue weighted by molar-refractivity contribution is 5.75. The van der Waals surface area contributed by atoms with Gasteiger partial charge in [0.15, 0.2) is 0 Å². The molecule has 88 valence electrons. The van der Waals surface area contributed by atoms with Crippen LogP contribution in [-0.4, -0.2) is 36.1 Å². The van der Waals surface area contributed by atoms with Gasteiger partial charge >= 0.3 is 12.1 Å². The van der Waals surface area contributed by atoms with Crippen LogP contribution >= 0.6 is 0 Å². The van der Waals surface area contributed by atoms with Crippen molar-refractivity contribution in [1.82, 2.24) is 5.32 Å². The minimum absolute atomic E-state index is 0.331. The van der Waals surface area contributed by atoms with Crippen LogP contribution in [0.3, 0.4) is 0 Å². The van der Waals surface area contributed by atoms with E-state index < -0.39 is 23.9 Å². The first-order chi connectivity index (χ1) is 6.73. The molecule has 1 saturated heterocycles. The molecule has 15 heavy (non-hydrogen) atoms. The fraction of sp³-hybridized carbons (Fsp3) is 0.875. The Balaban J connectivity index is 2.59. The normalized spacial score (nSPS) is 26.1. The maximum atomic E-state index is 11.9. The molecule has 0 amide bonds. The van der Waals surface area contributed by atoms with Crippen LogP contribution < -0.4 is 5.32 Å². The number of hydrogen-bond donors (Lipinski definition) is 2. The Labute approximate surface area is 84.4 Å². The lowest BCUT2D eigenvalue weighted by Gasteiger charge is -2.29. The number of aliphatic hydroxyl groups is 1. The zero-order valence-corrected chi connectivity index (χ0v) is 8.10. The Hall–Kier alpha value is -0.820. The van der Waals surface area contributed by atoms with Gasteiger partial charge in [-0.15, -0.1) is 0 Å². The standard InChI is InChI=1S/C8H12F3NO3/c1-7(14,5-2-3-12-4-5)15-6(13)8(9,10)11/h5,12,14H,2-4H2,1H3. The summed E-state index contributed by atoms with van der Waals surface area (Å²) in [5.41, 5.74) is 0. The highest BCUT2D eigenvalue weighted by atomic mass is 19.4. The minimum atomic E-state index is -5.07. The molecule has 0 radical (unpaired) electrons. The number of esters is 1. The Morgan fingerprint density at radius 2 is 2.13 bits per heavy atom. The van der Waals surface area contributed by atoms with Crippen LogP contribution in [-0.2, 0) is 9.53 Å². The smallest absolute Gasteiger partial charge is 0.427 e. The van der Waals surface area contributed by atoms with Crippen molar-refractivity contribution < 1.29 is 27.8 Å². The van der Waals surface area contributed by atoms with Crippen LogP contribution in [0.4, 0.5) is 13.2 Å². The number of rotatable bonds is 2. The first kappa shape index (κ1) is 12.3. The van der Waals surface area contributed by atoms with E-state index in [-0.39, 0.29) is 0 Å². The maximum Gasteiger partial charge on any atom is 0.491 e. The zero-order valence-electron chi connectivity index (χ0n) is 8.10. The van der Waals surface area contributed by atoms with Gasteiger partial charge in [-0.2, -0.15) is 13.2 Å². The summed E-state index contributed by atoms with van der Waals surface area (Å²) in [5, 5.41) is 12.4. The van der Waals surface area contributed by atoms with Gasteiger partial charge in [-0.25, -0.2) is 4.79 Å². The van der Waals surface area contributed by atoms with E-state index in [4.69, 9.17) is 0 Å². The van der Waals surface area contributed by atoms with Gasteiger partial charge in [0.1, 0.15) is 0 Å². The molecular formula is C8H12F3NO3. The number of nitrogens with one attached hydrogen (secondary N) is 1. The second-order valence-corrected chi connectivity index (χ2v) is 3.63. The molecule has 0 saturated carbocycles. The van der Waals surface area contributed by atoms with Crippen molar-refractivity contribution in [1.29, 1.82) is 0 Å². The van der Waals surface area contributed by atoms with E-state index in [0.717, 1.165) is 6.92 Å². The average Bonchev–Trinajstić information content (AvgIpc) is 2.52. The van der Waals surface area contributed by atoms with Crippen molar-refractivity contribution in [2.45, 2.75) is 25.3 Å². The number of carbonyl (C=O) groups excluding carboxylic acids is 1. The molecule has 0 bridgehead atoms. The van der Waals surface area contributed by atoms with Crippen LogP contribution in [0.25, 0.3) is 0 Å². The Morgan fingerprint density at radius 3 is 2.53 bits per heavy atom. The molecule has 2 unspecified atom stereocenters. The van der Waals surface area contributed by atoms with Crippen molar-refractivity contribution in [2.75, 3.05) is 13.1 Å². The Kier molecular flexibility index (Phi) is 3.25. The van der Waals surface area contributed by atoms with Crippen LogP contribution in [0.1, 0.15) is 13.3 Å². The zero-order chi connectivity index (χ0) is 11.7. The Bertz CT molecular complexity index is 246. The summed E-state index contributed by atoms with van der Waals surface area (Å²) in [4.78, 5) is 10.5. The summed E-state index contributed by atoms with van der Waals surface area (Å²) in [6.45, 7) is 1.98. The summed E-state index contributed by atoms with van der Waals surface area (Å²) in [6, 6.07) is 0. The summed E-state index contributed by atoms with van der Waals surface area (Å²) in [7, 11) is 0. The molecule has 0 spiro atoms. The van der Waals surface area contributed by atoms with Gasteiger partial charge < -0.3 is 15.2 Å². The monoisotopic (exact) mass is 227 g/mol. The van der Waals surface area contributed by atoms with E-state index in [1.807, 2.05) is 0 Å². The molecule has 0 aromatic rings. The third kappa shape index (κ3) is 3.07. The van der Waals surface area contributed by atoms with Gasteiger partial charge in [0.05, 0.1) is 0 Å². The van der Waals surface area contributed by atoms with E-state index >= 15 is 0 Å². The highest BCUT2D eigenvalue weighted by Gasteiger charge is 2.47. The number of halogens is 3. The number of ether oxygens (including phenoxy) is 1. The molecule has 1 aliphatic heterocycles. The van der Waals surface area contributed by atoms with E-state index in [2.05, 4.69) is 10.1 Å². The van der Waals surface area contributed by atoms with E-state index in [9.17, 15) is 23.1 Å². The van der Waals surface area contributed by atoms with Crippen LogP contribution in [0.2, 0.25) is 0 Å². The summed E-state index contributed by atoms with van der Waals surface area (Å²) in [6.07, 6.45) is -4.60. The fourth-order valence-corrected chi connectivity index (χ4v) is 1.44. The summed E-state index contributed by atoms with van der Waals surface area (Å²) < 4.78 is 39.6. The molecule has 0 aromatic carbocycles. The molecule has 0 aliphatic carbocycles. The molecule has 7 heteroatoms. The van der Waals surface area contributed by atoms with Gasteiger partial charge in [0.25, 0.3) is 0 Å². The van der Waals surface area contributed by atoms with Gasteiger partial charge in [0.2, 0.25) is 5.79 Å². The quantitative estimate of drug-likeness (QED) is 0.530. The molecule has 2 atom stereocenters. The number of alkyl halides is 3. The van der Waals surface area contributed by atoms with Gasteiger partial charge in [-0.05, 0) is 13.0 Å². The Morgan fingerprint density at radius 1 is 1.53 bits per heavy atom. The van der Waals surface area contributed by atoms with Crippen LogP contribution in [0.15, 0.2) is 0 Å². The van der Waals surface area contributed by atoms with E-state index in [1.54, 1.807) is 0 Å². The molecule has 1 aliphatic rings. The van der Waals surface area contributed by atoms with Crippen molar-refractivity contribution in [2.24, 2.45) is 5.92 Å². The molecule has 1 heterocycles. The third-order valence-electron chi connectivity index (χ3n) is 2.35.